The number of anilines is 1. The van der Waals surface area contributed by atoms with Crippen molar-refractivity contribution >= 4 is 54.4 Å². The topological polar surface area (TPSA) is 93.0 Å². The van der Waals surface area contributed by atoms with Crippen molar-refractivity contribution in [1.82, 2.24) is 9.29 Å². The lowest BCUT2D eigenvalue weighted by molar-refractivity contribution is -0.0440. The summed E-state index contributed by atoms with van der Waals surface area (Å²) < 4.78 is 40.1. The van der Waals surface area contributed by atoms with Gasteiger partial charge in [0.2, 0.25) is 10.0 Å². The monoisotopic (exact) mass is 557 g/mol. The standard InChI is InChI=1S/C26H27N3O5S3/c1-17-14-28(15-18(2)34-17)37(31,32)21-11-9-19(10-12-21)25(30)29(16-20-6-5-13-33-20)26-27-24-22(35-3)7-4-8-23(24)36-26/h4-13,17-18H,14-16H2,1-3H3. The van der Waals surface area contributed by atoms with Gasteiger partial charge in [-0.2, -0.15) is 4.31 Å². The highest BCUT2D eigenvalue weighted by Gasteiger charge is 2.32. The number of carbonyl (C=O) groups excluding carboxylic acids is 1. The van der Waals surface area contributed by atoms with E-state index in [1.807, 2.05) is 38.3 Å². The molecule has 0 spiro atoms. The van der Waals surface area contributed by atoms with Crippen LogP contribution in [0.15, 0.2) is 75.1 Å². The van der Waals surface area contributed by atoms with Crippen molar-refractivity contribution in [3.8, 4) is 0 Å². The maximum Gasteiger partial charge on any atom is 0.260 e. The Kier molecular flexibility index (Phi) is 7.42. The van der Waals surface area contributed by atoms with Gasteiger partial charge in [-0.25, -0.2) is 13.4 Å². The van der Waals surface area contributed by atoms with E-state index in [-0.39, 0.29) is 29.6 Å². The van der Waals surface area contributed by atoms with Gasteiger partial charge in [0, 0.05) is 23.5 Å². The molecule has 5 rings (SSSR count). The molecule has 2 aromatic carbocycles. The quantitative estimate of drug-likeness (QED) is 0.286. The first-order chi connectivity index (χ1) is 17.8. The predicted octanol–water partition coefficient (Wildman–Crippen LogP) is 5.26. The molecule has 194 valence electrons. The third-order valence-electron chi connectivity index (χ3n) is 6.09. The second-order valence-corrected chi connectivity index (χ2v) is 12.7. The number of hydrogen-bond acceptors (Lipinski definition) is 8. The van der Waals surface area contributed by atoms with Crippen LogP contribution in [0.1, 0.15) is 30.0 Å². The van der Waals surface area contributed by atoms with Crippen molar-refractivity contribution in [2.24, 2.45) is 0 Å². The van der Waals surface area contributed by atoms with Crippen molar-refractivity contribution in [3.63, 3.8) is 0 Å². The van der Waals surface area contributed by atoms with Crippen LogP contribution in [-0.2, 0) is 21.3 Å². The Morgan fingerprint density at radius 1 is 1.11 bits per heavy atom. The van der Waals surface area contributed by atoms with Crippen LogP contribution in [0.3, 0.4) is 0 Å². The molecule has 3 heterocycles. The number of carbonyl (C=O) groups is 1. The molecule has 0 aliphatic carbocycles. The molecular weight excluding hydrogens is 531 g/mol. The van der Waals surface area contributed by atoms with Crippen LogP contribution in [0, 0.1) is 0 Å². The van der Waals surface area contributed by atoms with Gasteiger partial charge in [0.1, 0.15) is 5.76 Å². The summed E-state index contributed by atoms with van der Waals surface area (Å²) in [5.74, 6) is 0.325. The van der Waals surface area contributed by atoms with E-state index >= 15 is 0 Å². The van der Waals surface area contributed by atoms with Gasteiger partial charge in [-0.1, -0.05) is 17.4 Å². The Bertz CT molecular complexity index is 1490. The summed E-state index contributed by atoms with van der Waals surface area (Å²) in [5, 5.41) is 0.547. The molecule has 1 aliphatic rings. The molecule has 0 N–H and O–H groups in total. The number of morpholine rings is 1. The van der Waals surface area contributed by atoms with Crippen molar-refractivity contribution in [1.29, 1.82) is 0 Å². The van der Waals surface area contributed by atoms with Crippen LogP contribution in [0.2, 0.25) is 0 Å². The molecule has 11 heteroatoms. The minimum atomic E-state index is -3.71. The molecule has 8 nitrogen and oxygen atoms in total. The van der Waals surface area contributed by atoms with E-state index in [0.29, 0.717) is 29.5 Å². The second kappa shape index (κ2) is 10.6. The summed E-state index contributed by atoms with van der Waals surface area (Å²) in [7, 11) is -3.71. The number of fused-ring (bicyclic) bond motifs is 1. The summed E-state index contributed by atoms with van der Waals surface area (Å²) in [6.07, 6.45) is 3.19. The number of ether oxygens (including phenoxy) is 1. The number of benzene rings is 2. The zero-order chi connectivity index (χ0) is 26.2. The van der Waals surface area contributed by atoms with Crippen molar-refractivity contribution in [3.05, 3.63) is 72.2 Å². The number of nitrogens with zero attached hydrogens (tertiary/aromatic N) is 3. The molecule has 0 radical (unpaired) electrons. The van der Waals surface area contributed by atoms with Gasteiger partial charge >= 0.3 is 0 Å². The minimum absolute atomic E-state index is 0.146. The van der Waals surface area contributed by atoms with E-state index in [2.05, 4.69) is 0 Å². The number of thiazole rings is 1. The largest absolute Gasteiger partial charge is 0.467 e. The highest BCUT2D eigenvalue weighted by Crippen LogP contribution is 2.35. The zero-order valence-corrected chi connectivity index (χ0v) is 23.1. The molecular formula is C26H27N3O5S3. The van der Waals surface area contributed by atoms with E-state index in [4.69, 9.17) is 14.1 Å². The number of sulfonamides is 1. The normalized spacial score (nSPS) is 18.8. The molecule has 1 aliphatic heterocycles. The van der Waals surface area contributed by atoms with Crippen LogP contribution in [0.25, 0.3) is 10.2 Å². The second-order valence-electron chi connectivity index (χ2n) is 8.88. The molecule has 37 heavy (non-hydrogen) atoms. The number of rotatable bonds is 7. The van der Waals surface area contributed by atoms with Gasteiger partial charge in [-0.3, -0.25) is 9.69 Å². The molecule has 2 atom stereocenters. The van der Waals surface area contributed by atoms with Gasteiger partial charge in [-0.15, -0.1) is 11.8 Å². The Balaban J connectivity index is 1.46. The van der Waals surface area contributed by atoms with E-state index < -0.39 is 10.0 Å². The maximum atomic E-state index is 13.7. The third kappa shape index (κ3) is 5.32. The predicted molar refractivity (Wildman–Crippen MR) is 146 cm³/mol. The first-order valence-corrected chi connectivity index (χ1v) is 15.3. The number of hydrogen-bond donors (Lipinski definition) is 0. The van der Waals surface area contributed by atoms with Gasteiger partial charge in [0.15, 0.2) is 5.13 Å². The fourth-order valence-corrected chi connectivity index (χ4v) is 7.59. The summed E-state index contributed by atoms with van der Waals surface area (Å²) in [6, 6.07) is 15.6. The van der Waals surface area contributed by atoms with Crippen LogP contribution in [0.4, 0.5) is 5.13 Å². The molecule has 1 saturated heterocycles. The van der Waals surface area contributed by atoms with E-state index in [1.165, 1.54) is 27.8 Å². The number of para-hydroxylation sites is 1. The molecule has 1 amide bonds. The van der Waals surface area contributed by atoms with Gasteiger partial charge in [0.05, 0.1) is 40.1 Å². The average molecular weight is 558 g/mol. The number of thioether (sulfide) groups is 1. The lowest BCUT2D eigenvalue weighted by Gasteiger charge is -2.34. The van der Waals surface area contributed by atoms with Gasteiger partial charge < -0.3 is 9.15 Å². The summed E-state index contributed by atoms with van der Waals surface area (Å²) in [5.41, 5.74) is 1.21. The summed E-state index contributed by atoms with van der Waals surface area (Å²) in [6.45, 7) is 4.50. The van der Waals surface area contributed by atoms with E-state index in [9.17, 15) is 13.2 Å². The Morgan fingerprint density at radius 2 is 1.84 bits per heavy atom. The van der Waals surface area contributed by atoms with Crippen molar-refractivity contribution < 1.29 is 22.4 Å². The molecule has 4 aromatic rings. The lowest BCUT2D eigenvalue weighted by atomic mass is 10.2. The number of aromatic nitrogens is 1. The SMILES string of the molecule is CSc1cccc2sc(N(Cc3ccco3)C(=O)c3ccc(S(=O)(=O)N4CC(C)OC(C)C4)cc3)nc12. The van der Waals surface area contributed by atoms with Crippen LogP contribution < -0.4 is 4.90 Å². The Hall–Kier alpha value is -2.70. The Labute approximate surface area is 224 Å². The molecule has 2 unspecified atom stereocenters. The summed E-state index contributed by atoms with van der Waals surface area (Å²) in [4.78, 5) is 21.3. The molecule has 0 saturated carbocycles. The fourth-order valence-electron chi connectivity index (χ4n) is 4.38. The number of furan rings is 1. The fraction of sp³-hybridized carbons (Fsp3) is 0.308. The maximum absolute atomic E-state index is 13.7. The van der Waals surface area contributed by atoms with E-state index in [0.717, 1.165) is 15.1 Å². The highest BCUT2D eigenvalue weighted by molar-refractivity contribution is 7.98. The average Bonchev–Trinajstić information content (AvgIpc) is 3.56. The minimum Gasteiger partial charge on any atom is -0.467 e. The highest BCUT2D eigenvalue weighted by atomic mass is 32.2. The van der Waals surface area contributed by atoms with E-state index in [1.54, 1.807) is 47.2 Å². The molecule has 1 fully saturated rings. The lowest BCUT2D eigenvalue weighted by Crippen LogP contribution is -2.48. The van der Waals surface area contributed by atoms with Gasteiger partial charge in [-0.05, 0) is 68.6 Å². The first kappa shape index (κ1) is 25.9. The zero-order valence-electron chi connectivity index (χ0n) is 20.7. The van der Waals surface area contributed by atoms with Crippen LogP contribution in [-0.4, -0.2) is 55.2 Å². The number of amides is 1. The first-order valence-electron chi connectivity index (χ1n) is 11.8. The third-order valence-corrected chi connectivity index (χ3v) is 9.74. The van der Waals surface area contributed by atoms with Crippen molar-refractivity contribution in [2.75, 3.05) is 24.2 Å². The molecule has 2 aromatic heterocycles. The van der Waals surface area contributed by atoms with Gasteiger partial charge in [0.25, 0.3) is 5.91 Å². The Morgan fingerprint density at radius 3 is 2.49 bits per heavy atom. The smallest absolute Gasteiger partial charge is 0.260 e. The molecule has 0 bridgehead atoms. The van der Waals surface area contributed by atoms with Crippen LogP contribution >= 0.6 is 23.1 Å². The van der Waals surface area contributed by atoms with Crippen LogP contribution in [0.5, 0.6) is 0 Å². The summed E-state index contributed by atoms with van der Waals surface area (Å²) >= 11 is 3.03. The van der Waals surface area contributed by atoms with Crippen molar-refractivity contribution in [2.45, 2.75) is 42.4 Å².